The van der Waals surface area contributed by atoms with E-state index in [1.165, 1.54) is 0 Å². The third kappa shape index (κ3) is 4.00. The van der Waals surface area contributed by atoms with Gasteiger partial charge in [-0.3, -0.25) is 0 Å². The Morgan fingerprint density at radius 1 is 1.45 bits per heavy atom. The second-order valence-electron chi connectivity index (χ2n) is 2.90. The molecule has 0 aromatic heterocycles. The van der Waals surface area contributed by atoms with E-state index in [0.717, 1.165) is 19.3 Å². The molecule has 1 atom stereocenters. The van der Waals surface area contributed by atoms with Gasteiger partial charge in [-0.2, -0.15) is 5.26 Å². The highest BCUT2D eigenvalue weighted by atomic mass is 16.5. The summed E-state index contributed by atoms with van der Waals surface area (Å²) in [5, 5.41) is 8.71. The number of ether oxygens (including phenoxy) is 1. The van der Waals surface area contributed by atoms with E-state index in [-0.39, 0.29) is 0 Å². The van der Waals surface area contributed by atoms with Crippen molar-refractivity contribution in [3.8, 4) is 6.07 Å². The second kappa shape index (κ2) is 5.15. The number of hydrogen-bond acceptors (Lipinski definition) is 2. The Morgan fingerprint density at radius 3 is 2.45 bits per heavy atom. The van der Waals surface area contributed by atoms with Crippen molar-refractivity contribution in [1.29, 1.82) is 5.26 Å². The lowest BCUT2D eigenvalue weighted by Gasteiger charge is -2.19. The molecule has 0 heterocycles. The maximum Gasteiger partial charge on any atom is 0.151 e. The number of nitriles is 1. The third-order valence-corrected chi connectivity index (χ3v) is 1.83. The molecular formula is C9H17NO. The van der Waals surface area contributed by atoms with E-state index in [9.17, 15) is 0 Å². The molecule has 0 amide bonds. The van der Waals surface area contributed by atoms with Gasteiger partial charge in [-0.1, -0.05) is 20.3 Å². The van der Waals surface area contributed by atoms with Gasteiger partial charge in [0.05, 0.1) is 6.07 Å². The predicted octanol–water partition coefficient (Wildman–Crippen LogP) is 2.50. The van der Waals surface area contributed by atoms with Crippen molar-refractivity contribution in [1.82, 2.24) is 0 Å². The van der Waals surface area contributed by atoms with E-state index in [0.29, 0.717) is 6.61 Å². The molecule has 0 aromatic rings. The molecule has 0 saturated heterocycles. The van der Waals surface area contributed by atoms with E-state index in [1.54, 1.807) is 0 Å². The standard InChI is InChI=1S/C9H17NO/c1-4-6-7-11-9(3,5-2)8-10/h4-7H2,1-3H3. The zero-order valence-corrected chi connectivity index (χ0v) is 7.68. The fraction of sp³-hybridized carbons (Fsp3) is 0.889. The summed E-state index contributed by atoms with van der Waals surface area (Å²) in [7, 11) is 0. The van der Waals surface area contributed by atoms with Gasteiger partial charge in [-0.15, -0.1) is 0 Å². The van der Waals surface area contributed by atoms with Gasteiger partial charge in [0.2, 0.25) is 0 Å². The highest BCUT2D eigenvalue weighted by Crippen LogP contribution is 2.13. The maximum atomic E-state index is 8.71. The maximum absolute atomic E-state index is 8.71. The minimum atomic E-state index is -0.560. The lowest BCUT2D eigenvalue weighted by atomic mass is 10.1. The van der Waals surface area contributed by atoms with Crippen LogP contribution in [0.4, 0.5) is 0 Å². The molecule has 0 aliphatic heterocycles. The van der Waals surface area contributed by atoms with Crippen molar-refractivity contribution in [3.63, 3.8) is 0 Å². The van der Waals surface area contributed by atoms with Crippen LogP contribution in [0.15, 0.2) is 0 Å². The molecule has 0 rings (SSSR count). The molecular weight excluding hydrogens is 138 g/mol. The predicted molar refractivity (Wildman–Crippen MR) is 45.2 cm³/mol. The van der Waals surface area contributed by atoms with Crippen molar-refractivity contribution >= 4 is 0 Å². The zero-order chi connectivity index (χ0) is 8.74. The minimum absolute atomic E-state index is 0.560. The van der Waals surface area contributed by atoms with E-state index in [2.05, 4.69) is 13.0 Å². The summed E-state index contributed by atoms with van der Waals surface area (Å²) in [4.78, 5) is 0. The lowest BCUT2D eigenvalue weighted by molar-refractivity contribution is 0.00736. The summed E-state index contributed by atoms with van der Waals surface area (Å²) >= 11 is 0. The Hall–Kier alpha value is -0.550. The van der Waals surface area contributed by atoms with Crippen LogP contribution in [0, 0.1) is 11.3 Å². The number of rotatable bonds is 5. The number of unbranched alkanes of at least 4 members (excludes halogenated alkanes) is 1. The van der Waals surface area contributed by atoms with Gasteiger partial charge < -0.3 is 4.74 Å². The van der Waals surface area contributed by atoms with Crippen LogP contribution in [0.3, 0.4) is 0 Å². The Balaban J connectivity index is 3.63. The molecule has 0 aliphatic rings. The first kappa shape index (κ1) is 10.4. The fourth-order valence-corrected chi connectivity index (χ4v) is 0.655. The van der Waals surface area contributed by atoms with Gasteiger partial charge in [-0.05, 0) is 19.8 Å². The molecule has 0 fully saturated rings. The Bertz CT molecular complexity index is 139. The smallest absolute Gasteiger partial charge is 0.151 e. The third-order valence-electron chi connectivity index (χ3n) is 1.83. The van der Waals surface area contributed by atoms with Crippen LogP contribution in [-0.4, -0.2) is 12.2 Å². The molecule has 11 heavy (non-hydrogen) atoms. The molecule has 0 N–H and O–H groups in total. The highest BCUT2D eigenvalue weighted by Gasteiger charge is 2.20. The van der Waals surface area contributed by atoms with Crippen LogP contribution in [0.25, 0.3) is 0 Å². The fourth-order valence-electron chi connectivity index (χ4n) is 0.655. The van der Waals surface area contributed by atoms with Gasteiger partial charge >= 0.3 is 0 Å². The summed E-state index contributed by atoms with van der Waals surface area (Å²) in [5.74, 6) is 0. The Labute approximate surface area is 69.2 Å². The largest absolute Gasteiger partial charge is 0.360 e. The van der Waals surface area contributed by atoms with Gasteiger partial charge in [0.1, 0.15) is 0 Å². The van der Waals surface area contributed by atoms with E-state index in [4.69, 9.17) is 10.00 Å². The summed E-state index contributed by atoms with van der Waals surface area (Å²) in [6, 6.07) is 2.16. The van der Waals surface area contributed by atoms with Crippen molar-refractivity contribution in [2.75, 3.05) is 6.61 Å². The first-order valence-corrected chi connectivity index (χ1v) is 4.23. The monoisotopic (exact) mass is 155 g/mol. The minimum Gasteiger partial charge on any atom is -0.360 e. The van der Waals surface area contributed by atoms with Crippen LogP contribution in [0.1, 0.15) is 40.0 Å². The normalized spacial score (nSPS) is 15.5. The van der Waals surface area contributed by atoms with Crippen LogP contribution >= 0.6 is 0 Å². The average molecular weight is 155 g/mol. The van der Waals surface area contributed by atoms with Gasteiger partial charge in [-0.25, -0.2) is 0 Å². The van der Waals surface area contributed by atoms with Crippen LogP contribution in [-0.2, 0) is 4.74 Å². The Kier molecular flexibility index (Phi) is 4.89. The van der Waals surface area contributed by atoms with Crippen molar-refractivity contribution < 1.29 is 4.74 Å². The molecule has 2 nitrogen and oxygen atoms in total. The van der Waals surface area contributed by atoms with E-state index < -0.39 is 5.60 Å². The SMILES string of the molecule is CCCCOC(C)(C#N)CC. The molecule has 0 bridgehead atoms. The molecule has 0 aromatic carbocycles. The van der Waals surface area contributed by atoms with Crippen molar-refractivity contribution in [2.24, 2.45) is 0 Å². The lowest BCUT2D eigenvalue weighted by Crippen LogP contribution is -2.25. The van der Waals surface area contributed by atoms with Crippen molar-refractivity contribution in [3.05, 3.63) is 0 Å². The summed E-state index contributed by atoms with van der Waals surface area (Å²) < 4.78 is 5.41. The number of nitrogens with zero attached hydrogens (tertiary/aromatic N) is 1. The van der Waals surface area contributed by atoms with Crippen LogP contribution in [0.2, 0.25) is 0 Å². The summed E-state index contributed by atoms with van der Waals surface area (Å²) in [5.41, 5.74) is -0.560. The van der Waals surface area contributed by atoms with Crippen molar-refractivity contribution in [2.45, 2.75) is 45.6 Å². The topological polar surface area (TPSA) is 33.0 Å². The molecule has 1 unspecified atom stereocenters. The van der Waals surface area contributed by atoms with Gasteiger partial charge in [0, 0.05) is 6.61 Å². The summed E-state index contributed by atoms with van der Waals surface area (Å²) in [6.07, 6.45) is 2.91. The zero-order valence-electron chi connectivity index (χ0n) is 7.68. The molecule has 0 radical (unpaired) electrons. The number of hydrogen-bond donors (Lipinski definition) is 0. The molecule has 0 spiro atoms. The van der Waals surface area contributed by atoms with Crippen LogP contribution in [0.5, 0.6) is 0 Å². The van der Waals surface area contributed by atoms with E-state index in [1.807, 2.05) is 13.8 Å². The Morgan fingerprint density at radius 2 is 2.09 bits per heavy atom. The molecule has 0 saturated carbocycles. The van der Waals surface area contributed by atoms with E-state index >= 15 is 0 Å². The average Bonchev–Trinajstić information content (AvgIpc) is 2.05. The second-order valence-corrected chi connectivity index (χ2v) is 2.90. The van der Waals surface area contributed by atoms with Gasteiger partial charge in [0.25, 0.3) is 0 Å². The molecule has 0 aliphatic carbocycles. The highest BCUT2D eigenvalue weighted by molar-refractivity contribution is 4.96. The van der Waals surface area contributed by atoms with Gasteiger partial charge in [0.15, 0.2) is 5.60 Å². The first-order chi connectivity index (χ1) is 5.18. The molecule has 64 valence electrons. The van der Waals surface area contributed by atoms with Crippen LogP contribution < -0.4 is 0 Å². The molecule has 2 heteroatoms. The first-order valence-electron chi connectivity index (χ1n) is 4.23. The summed E-state index contributed by atoms with van der Waals surface area (Å²) in [6.45, 7) is 6.62. The quantitative estimate of drug-likeness (QED) is 0.571.